The van der Waals surface area contributed by atoms with Crippen molar-refractivity contribution in [3.05, 3.63) is 53.2 Å². The summed E-state index contributed by atoms with van der Waals surface area (Å²) < 4.78 is 0. The Bertz CT molecular complexity index is 806. The number of hydrogen-bond donors (Lipinski definition) is 0. The lowest BCUT2D eigenvalue weighted by molar-refractivity contribution is -0.119. The fourth-order valence-corrected chi connectivity index (χ4v) is 3.56. The Morgan fingerprint density at radius 1 is 1.25 bits per heavy atom. The molecular formula is C18H16ClN3O2. The predicted octanol–water partition coefficient (Wildman–Crippen LogP) is 2.93. The van der Waals surface area contributed by atoms with Gasteiger partial charge in [-0.2, -0.15) is 0 Å². The summed E-state index contributed by atoms with van der Waals surface area (Å²) >= 11 is 5.87. The molecule has 1 saturated heterocycles. The first-order valence-corrected chi connectivity index (χ1v) is 8.35. The summed E-state index contributed by atoms with van der Waals surface area (Å²) in [6, 6.07) is 10.2. The lowest BCUT2D eigenvalue weighted by atomic mass is 10.1. The van der Waals surface area contributed by atoms with E-state index >= 15 is 0 Å². The fraction of sp³-hybridized carbons (Fsp3) is 0.278. The molecule has 0 saturated carbocycles. The van der Waals surface area contributed by atoms with Crippen molar-refractivity contribution in [1.29, 1.82) is 0 Å². The van der Waals surface area contributed by atoms with E-state index in [2.05, 4.69) is 9.88 Å². The second-order valence-corrected chi connectivity index (χ2v) is 6.49. The second-order valence-electron chi connectivity index (χ2n) is 6.05. The number of rotatable bonds is 3. The lowest BCUT2D eigenvalue weighted by Gasteiger charge is -2.38. The van der Waals surface area contributed by atoms with Gasteiger partial charge in [-0.3, -0.25) is 14.5 Å². The van der Waals surface area contributed by atoms with Gasteiger partial charge in [-0.15, -0.1) is 0 Å². The number of aromatic nitrogens is 1. The van der Waals surface area contributed by atoms with E-state index in [1.54, 1.807) is 41.4 Å². The van der Waals surface area contributed by atoms with Gasteiger partial charge in [-0.25, -0.2) is 4.98 Å². The number of Topliss-reactive ketones (excluding diaryl/α,β-unsaturated/α-hetero) is 1. The SMILES string of the molecule is O=C(CN1C(=O)[C@H]2CCCN2c2ncccc21)c1ccc(Cl)cc1. The minimum absolute atomic E-state index is 0.0174. The van der Waals surface area contributed by atoms with Crippen LogP contribution in [0.15, 0.2) is 42.6 Å². The number of anilines is 2. The Kier molecular flexibility index (Phi) is 3.73. The molecule has 3 heterocycles. The average Bonchev–Trinajstić information content (AvgIpc) is 3.09. The van der Waals surface area contributed by atoms with Crippen molar-refractivity contribution >= 4 is 34.8 Å². The molecule has 5 nitrogen and oxygen atoms in total. The molecular weight excluding hydrogens is 326 g/mol. The van der Waals surface area contributed by atoms with E-state index < -0.39 is 0 Å². The van der Waals surface area contributed by atoms with Gasteiger partial charge in [0.15, 0.2) is 11.6 Å². The molecule has 2 aromatic rings. The molecule has 1 fully saturated rings. The number of nitrogens with zero attached hydrogens (tertiary/aromatic N) is 3. The average molecular weight is 342 g/mol. The number of fused-ring (bicyclic) bond motifs is 3. The third-order valence-electron chi connectivity index (χ3n) is 4.60. The van der Waals surface area contributed by atoms with Crippen LogP contribution in [0.1, 0.15) is 23.2 Å². The number of carbonyl (C=O) groups is 2. The number of pyridine rings is 1. The number of amides is 1. The molecule has 6 heteroatoms. The highest BCUT2D eigenvalue weighted by molar-refractivity contribution is 6.30. The van der Waals surface area contributed by atoms with E-state index in [1.165, 1.54) is 0 Å². The van der Waals surface area contributed by atoms with Crippen LogP contribution >= 0.6 is 11.6 Å². The Hall–Kier alpha value is -2.40. The maximum Gasteiger partial charge on any atom is 0.250 e. The van der Waals surface area contributed by atoms with Crippen LogP contribution in [0.25, 0.3) is 0 Å². The van der Waals surface area contributed by atoms with Crippen molar-refractivity contribution in [3.63, 3.8) is 0 Å². The molecule has 0 bridgehead atoms. The highest BCUT2D eigenvalue weighted by Crippen LogP contribution is 2.38. The molecule has 2 aliphatic rings. The molecule has 1 aromatic carbocycles. The van der Waals surface area contributed by atoms with Gasteiger partial charge in [0.25, 0.3) is 0 Å². The zero-order valence-corrected chi connectivity index (χ0v) is 13.7. The van der Waals surface area contributed by atoms with Crippen molar-refractivity contribution in [2.24, 2.45) is 0 Å². The summed E-state index contributed by atoms with van der Waals surface area (Å²) in [5.41, 5.74) is 1.26. The first-order chi connectivity index (χ1) is 11.6. The van der Waals surface area contributed by atoms with Gasteiger partial charge in [0, 0.05) is 23.3 Å². The van der Waals surface area contributed by atoms with Crippen molar-refractivity contribution in [3.8, 4) is 0 Å². The standard InChI is InChI=1S/C18H16ClN3O2/c19-13-7-5-12(6-8-13)16(23)11-22-14-3-1-9-20-17(14)21-10-2-4-15(21)18(22)24/h1,3,5-9,15H,2,4,10-11H2/t15-/m1/s1. The van der Waals surface area contributed by atoms with Crippen LogP contribution in [0.4, 0.5) is 11.5 Å². The normalized spacial score (nSPS) is 19.2. The smallest absolute Gasteiger partial charge is 0.250 e. The Labute approximate surface area is 144 Å². The third-order valence-corrected chi connectivity index (χ3v) is 4.85. The monoisotopic (exact) mass is 341 g/mol. The maximum atomic E-state index is 12.9. The highest BCUT2D eigenvalue weighted by atomic mass is 35.5. The lowest BCUT2D eigenvalue weighted by Crippen LogP contribution is -2.52. The molecule has 0 radical (unpaired) electrons. The summed E-state index contributed by atoms with van der Waals surface area (Å²) in [5, 5.41) is 0.580. The number of ketones is 1. The minimum Gasteiger partial charge on any atom is -0.343 e. The zero-order chi connectivity index (χ0) is 16.7. The molecule has 1 atom stereocenters. The summed E-state index contributed by atoms with van der Waals surface area (Å²) in [6.45, 7) is 0.850. The van der Waals surface area contributed by atoms with Crippen molar-refractivity contribution < 1.29 is 9.59 Å². The molecule has 0 N–H and O–H groups in total. The van der Waals surface area contributed by atoms with E-state index in [4.69, 9.17) is 11.6 Å². The van der Waals surface area contributed by atoms with E-state index in [9.17, 15) is 9.59 Å². The molecule has 1 amide bonds. The van der Waals surface area contributed by atoms with Crippen molar-refractivity contribution in [2.45, 2.75) is 18.9 Å². The molecule has 122 valence electrons. The molecule has 0 aliphatic carbocycles. The Morgan fingerprint density at radius 3 is 2.83 bits per heavy atom. The van der Waals surface area contributed by atoms with Crippen molar-refractivity contribution in [1.82, 2.24) is 4.98 Å². The third kappa shape index (κ3) is 2.45. The maximum absolute atomic E-state index is 12.9. The molecule has 24 heavy (non-hydrogen) atoms. The van der Waals surface area contributed by atoms with E-state index in [0.29, 0.717) is 16.3 Å². The minimum atomic E-state index is -0.203. The molecule has 4 rings (SSSR count). The topological polar surface area (TPSA) is 53.5 Å². The highest BCUT2D eigenvalue weighted by Gasteiger charge is 2.42. The van der Waals surface area contributed by atoms with Gasteiger partial charge in [0.05, 0.1) is 12.2 Å². The predicted molar refractivity (Wildman–Crippen MR) is 92.7 cm³/mol. The first kappa shape index (κ1) is 15.1. The number of benzene rings is 1. The quantitative estimate of drug-likeness (QED) is 0.805. The van der Waals surface area contributed by atoms with E-state index in [-0.39, 0.29) is 24.3 Å². The van der Waals surface area contributed by atoms with Crippen LogP contribution in [0.3, 0.4) is 0 Å². The summed E-state index contributed by atoms with van der Waals surface area (Å²) in [6.07, 6.45) is 3.50. The van der Waals surface area contributed by atoms with Gasteiger partial charge in [0.1, 0.15) is 6.04 Å². The molecule has 2 aliphatic heterocycles. The van der Waals surface area contributed by atoms with Gasteiger partial charge >= 0.3 is 0 Å². The van der Waals surface area contributed by atoms with Gasteiger partial charge in [-0.1, -0.05) is 11.6 Å². The van der Waals surface area contributed by atoms with Crippen LogP contribution in [0.2, 0.25) is 5.02 Å². The zero-order valence-electron chi connectivity index (χ0n) is 13.0. The van der Waals surface area contributed by atoms with Gasteiger partial charge in [0.2, 0.25) is 5.91 Å². The number of carbonyl (C=O) groups excluding carboxylic acids is 2. The molecule has 0 unspecified atom stereocenters. The number of halogens is 1. The largest absolute Gasteiger partial charge is 0.343 e. The summed E-state index contributed by atoms with van der Waals surface area (Å²) in [7, 11) is 0. The van der Waals surface area contributed by atoms with Crippen LogP contribution in [-0.2, 0) is 4.79 Å². The van der Waals surface area contributed by atoms with Crippen LogP contribution in [0, 0.1) is 0 Å². The summed E-state index contributed by atoms with van der Waals surface area (Å²) in [5.74, 6) is 0.667. The summed E-state index contributed by atoms with van der Waals surface area (Å²) in [4.78, 5) is 33.5. The molecule has 1 aromatic heterocycles. The van der Waals surface area contributed by atoms with Gasteiger partial charge in [-0.05, 0) is 49.2 Å². The Balaban J connectivity index is 1.67. The van der Waals surface area contributed by atoms with Crippen LogP contribution < -0.4 is 9.80 Å². The Morgan fingerprint density at radius 2 is 2.04 bits per heavy atom. The van der Waals surface area contributed by atoms with Crippen LogP contribution in [0.5, 0.6) is 0 Å². The first-order valence-electron chi connectivity index (χ1n) is 7.97. The van der Waals surface area contributed by atoms with Crippen LogP contribution in [-0.4, -0.2) is 35.8 Å². The van der Waals surface area contributed by atoms with Crippen molar-refractivity contribution in [2.75, 3.05) is 22.9 Å². The fourth-order valence-electron chi connectivity index (χ4n) is 3.43. The van der Waals surface area contributed by atoms with E-state index in [1.807, 2.05) is 6.07 Å². The second kappa shape index (κ2) is 5.91. The van der Waals surface area contributed by atoms with Gasteiger partial charge < -0.3 is 4.90 Å². The molecule has 0 spiro atoms. The number of hydrogen-bond acceptors (Lipinski definition) is 4. The van der Waals surface area contributed by atoms with E-state index in [0.717, 1.165) is 25.2 Å².